The third-order valence-electron chi connectivity index (χ3n) is 12.2. The van der Waals surface area contributed by atoms with E-state index in [1.807, 2.05) is 6.92 Å². The van der Waals surface area contributed by atoms with Crippen molar-refractivity contribution in [1.82, 2.24) is 5.32 Å². The fourth-order valence-electron chi connectivity index (χ4n) is 9.55. The van der Waals surface area contributed by atoms with Crippen molar-refractivity contribution >= 4 is 11.7 Å². The third kappa shape index (κ3) is 6.00. The van der Waals surface area contributed by atoms with E-state index in [9.17, 15) is 30.0 Å². The van der Waals surface area contributed by atoms with E-state index < -0.39 is 35.7 Å². The lowest BCUT2D eigenvalue weighted by atomic mass is 9.56. The summed E-state index contributed by atoms with van der Waals surface area (Å²) in [6.07, 6.45) is 4.26. The van der Waals surface area contributed by atoms with Crippen molar-refractivity contribution < 1.29 is 44.2 Å². The van der Waals surface area contributed by atoms with E-state index in [0.29, 0.717) is 24.8 Å². The van der Waals surface area contributed by atoms with Gasteiger partial charge in [0.1, 0.15) is 22.8 Å². The summed E-state index contributed by atoms with van der Waals surface area (Å²) in [5, 5.41) is 46.0. The molecule has 10 nitrogen and oxygen atoms in total. The molecule has 5 N–H and O–H groups in total. The average Bonchev–Trinajstić information content (AvgIpc) is 3.31. The summed E-state index contributed by atoms with van der Waals surface area (Å²) in [5.41, 5.74) is 1.53. The smallest absolute Gasteiger partial charge is 0.260 e. The largest absolute Gasteiger partial charge is 0.511 e. The SMILES string of the molecule is COC1NC(=O)/C(=C(/O)[C@@H]2[C@H]3[C@@H](C)[C@H](O)CC[C@H]3C=C(C)[C@H]2C[C@H]2O[C@@]3(CC[C@H](C)[C@@H](c4cc(O)cc(O)c4)O3)[C@@H](C)C[C@@H]2C)C1=O. The van der Waals surface area contributed by atoms with E-state index in [1.165, 1.54) is 13.2 Å². The summed E-state index contributed by atoms with van der Waals surface area (Å²) < 4.78 is 19.2. The summed E-state index contributed by atoms with van der Waals surface area (Å²) in [7, 11) is 1.34. The summed E-state index contributed by atoms with van der Waals surface area (Å²) >= 11 is 0. The molecule has 6 rings (SSSR count). The Labute approximate surface area is 277 Å². The maximum absolute atomic E-state index is 13.3. The Morgan fingerprint density at radius 3 is 2.38 bits per heavy atom. The van der Waals surface area contributed by atoms with E-state index in [4.69, 9.17) is 14.2 Å². The number of aromatic hydroxyl groups is 2. The standard InChI is InChI=1S/C37H51NO9/c1-17-9-10-37(47-34(17)23-13-24(39)15-25(40)14-23)20(4)11-19(3)28(46-37)16-26-18(2)12-22-7-8-27(41)21(5)29(22)30(26)32(42)31-33(43)36(45-6)38-35(31)44/h12-15,17,19-22,26-30,34,36,39-42H,7-11,16H2,1-6H3,(H,38,44)/b32-31+/t17-,19-,20-,21-,22-,26+,27+,28+,29-,30-,34-,36?,37+/m0/s1. The van der Waals surface area contributed by atoms with Crippen molar-refractivity contribution in [1.29, 1.82) is 0 Å². The van der Waals surface area contributed by atoms with Gasteiger partial charge >= 0.3 is 0 Å². The molecule has 3 saturated heterocycles. The van der Waals surface area contributed by atoms with Crippen LogP contribution in [0.3, 0.4) is 0 Å². The van der Waals surface area contributed by atoms with Crippen LogP contribution in [0.4, 0.5) is 0 Å². The second kappa shape index (κ2) is 12.8. The normalized spacial score (nSPS) is 43.3. The van der Waals surface area contributed by atoms with Gasteiger partial charge in [0.2, 0.25) is 5.78 Å². The molecule has 1 spiro atoms. The molecule has 1 aromatic carbocycles. The van der Waals surface area contributed by atoms with Crippen molar-refractivity contribution in [2.24, 2.45) is 47.3 Å². The number of benzene rings is 1. The van der Waals surface area contributed by atoms with Crippen LogP contribution in [-0.4, -0.2) is 63.4 Å². The number of hydrogen-bond donors (Lipinski definition) is 5. The molecule has 2 aliphatic carbocycles. The lowest BCUT2D eigenvalue weighted by Gasteiger charge is -2.54. The number of amides is 1. The first kappa shape index (κ1) is 34.0. The van der Waals surface area contributed by atoms with Gasteiger partial charge in [-0.15, -0.1) is 0 Å². The number of ketones is 1. The van der Waals surface area contributed by atoms with Gasteiger partial charge < -0.3 is 40.0 Å². The number of phenols is 2. The average molecular weight is 654 g/mol. The number of aliphatic hydroxyl groups excluding tert-OH is 2. The predicted molar refractivity (Wildman–Crippen MR) is 173 cm³/mol. The number of aliphatic hydroxyl groups is 2. The highest BCUT2D eigenvalue weighted by atomic mass is 16.7. The molecule has 258 valence electrons. The second-order valence-electron chi connectivity index (χ2n) is 15.2. The highest BCUT2D eigenvalue weighted by molar-refractivity contribution is 6.26. The van der Waals surface area contributed by atoms with Crippen molar-refractivity contribution in [3.63, 3.8) is 0 Å². The van der Waals surface area contributed by atoms with Gasteiger partial charge in [-0.3, -0.25) is 9.59 Å². The second-order valence-corrected chi connectivity index (χ2v) is 15.2. The van der Waals surface area contributed by atoms with Crippen molar-refractivity contribution in [2.75, 3.05) is 7.11 Å². The quantitative estimate of drug-likeness (QED) is 0.121. The first-order chi connectivity index (χ1) is 22.2. The van der Waals surface area contributed by atoms with Crippen molar-refractivity contribution in [3.8, 4) is 11.5 Å². The molecular weight excluding hydrogens is 602 g/mol. The molecule has 1 saturated carbocycles. The first-order valence-corrected chi connectivity index (χ1v) is 17.3. The van der Waals surface area contributed by atoms with Gasteiger partial charge in [-0.25, -0.2) is 0 Å². The van der Waals surface area contributed by atoms with Crippen LogP contribution in [0.1, 0.15) is 84.8 Å². The fourth-order valence-corrected chi connectivity index (χ4v) is 9.55. The topological polar surface area (TPSA) is 155 Å². The van der Waals surface area contributed by atoms with Crippen LogP contribution < -0.4 is 5.32 Å². The number of rotatable bonds is 5. The van der Waals surface area contributed by atoms with E-state index >= 15 is 0 Å². The number of hydrogen-bond acceptors (Lipinski definition) is 9. The zero-order chi connectivity index (χ0) is 33.9. The lowest BCUT2D eigenvalue weighted by Crippen LogP contribution is -2.55. The molecule has 10 heteroatoms. The zero-order valence-corrected chi connectivity index (χ0v) is 28.3. The molecule has 1 amide bonds. The van der Waals surface area contributed by atoms with Gasteiger partial charge in [-0.05, 0) is 92.2 Å². The Morgan fingerprint density at radius 1 is 1.02 bits per heavy atom. The fraction of sp³-hybridized carbons (Fsp3) is 0.676. The van der Waals surface area contributed by atoms with Gasteiger partial charge in [0.25, 0.3) is 5.91 Å². The number of allylic oxidation sites excluding steroid dienone is 3. The molecule has 4 fully saturated rings. The molecular formula is C37H51NO9. The highest BCUT2D eigenvalue weighted by Gasteiger charge is 2.54. The Bertz CT molecular complexity index is 1430. The van der Waals surface area contributed by atoms with E-state index in [0.717, 1.165) is 24.8 Å². The van der Waals surface area contributed by atoms with E-state index in [-0.39, 0.29) is 76.5 Å². The summed E-state index contributed by atoms with van der Waals surface area (Å²) in [5.74, 6) is -3.08. The first-order valence-electron chi connectivity index (χ1n) is 17.3. The van der Waals surface area contributed by atoms with Crippen LogP contribution in [0, 0.1) is 47.3 Å². The summed E-state index contributed by atoms with van der Waals surface area (Å²) in [4.78, 5) is 26.3. The monoisotopic (exact) mass is 653 g/mol. The molecule has 13 atom stereocenters. The number of fused-ring (bicyclic) bond motifs is 1. The molecule has 1 unspecified atom stereocenters. The predicted octanol–water partition coefficient (Wildman–Crippen LogP) is 5.43. The van der Waals surface area contributed by atoms with Crippen LogP contribution in [0.2, 0.25) is 0 Å². The number of carbonyl (C=O) groups is 2. The Hall–Kier alpha value is -2.92. The number of ether oxygens (including phenoxy) is 3. The Morgan fingerprint density at radius 2 is 1.72 bits per heavy atom. The summed E-state index contributed by atoms with van der Waals surface area (Å²) in [6, 6.07) is 4.57. The van der Waals surface area contributed by atoms with E-state index in [1.54, 1.807) is 12.1 Å². The van der Waals surface area contributed by atoms with Crippen LogP contribution in [0.25, 0.3) is 0 Å². The lowest BCUT2D eigenvalue weighted by molar-refractivity contribution is -0.356. The maximum Gasteiger partial charge on any atom is 0.260 e. The van der Waals surface area contributed by atoms with Crippen LogP contribution in [0.5, 0.6) is 11.5 Å². The molecule has 3 heterocycles. The number of nitrogens with one attached hydrogen (secondary N) is 1. The molecule has 5 aliphatic rings. The number of Topliss-reactive ketones (excluding diaryl/α,β-unsaturated/α-hetero) is 1. The number of carbonyl (C=O) groups excluding carboxylic acids is 2. The minimum atomic E-state index is -1.14. The van der Waals surface area contributed by atoms with Crippen LogP contribution in [-0.2, 0) is 23.8 Å². The minimum Gasteiger partial charge on any atom is -0.511 e. The van der Waals surface area contributed by atoms with Gasteiger partial charge in [0.15, 0.2) is 12.0 Å². The van der Waals surface area contributed by atoms with Crippen molar-refractivity contribution in [3.05, 3.63) is 46.7 Å². The van der Waals surface area contributed by atoms with Crippen LogP contribution in [0.15, 0.2) is 41.2 Å². The van der Waals surface area contributed by atoms with Gasteiger partial charge in [-0.2, -0.15) is 0 Å². The number of phenolic OH excluding ortho intramolecular Hbond substituents is 2. The zero-order valence-electron chi connectivity index (χ0n) is 28.3. The number of methoxy groups -OCH3 is 1. The molecule has 0 radical (unpaired) electrons. The van der Waals surface area contributed by atoms with E-state index in [2.05, 4.69) is 39.1 Å². The molecule has 3 aliphatic heterocycles. The molecule has 0 bridgehead atoms. The third-order valence-corrected chi connectivity index (χ3v) is 12.2. The van der Waals surface area contributed by atoms with Gasteiger partial charge in [-0.1, -0.05) is 39.3 Å². The Kier molecular flexibility index (Phi) is 9.28. The van der Waals surface area contributed by atoms with Crippen molar-refractivity contribution in [2.45, 2.75) is 103 Å². The molecule has 1 aromatic rings. The summed E-state index contributed by atoms with van der Waals surface area (Å²) in [6.45, 7) is 10.5. The highest BCUT2D eigenvalue weighted by Crippen LogP contribution is 2.55. The maximum atomic E-state index is 13.3. The molecule has 47 heavy (non-hydrogen) atoms. The minimum absolute atomic E-state index is 0.0225. The van der Waals surface area contributed by atoms with Gasteiger partial charge in [0.05, 0.1) is 18.3 Å². The molecule has 0 aromatic heterocycles. The van der Waals surface area contributed by atoms with Gasteiger partial charge in [0, 0.05) is 31.4 Å². The Balaban J connectivity index is 1.35. The van der Waals surface area contributed by atoms with Crippen LogP contribution >= 0.6 is 0 Å².